The standard InChI is InChI=1S/C19H25N3O4/c1-12(2)11-26-15-8-6-14(7-9-15)19(5)17(24)22(18(25)21-19)10-16(23)20-13(3)4/h6-9,13H,1,10-11H2,2-5H3,(H,20,23)(H,21,25). The summed E-state index contributed by atoms with van der Waals surface area (Å²) in [4.78, 5) is 37.8. The fourth-order valence-corrected chi connectivity index (χ4v) is 2.64. The minimum Gasteiger partial charge on any atom is -0.489 e. The van der Waals surface area contributed by atoms with E-state index in [1.165, 1.54) is 0 Å². The first kappa shape index (κ1) is 19.5. The van der Waals surface area contributed by atoms with Gasteiger partial charge in [0.05, 0.1) is 0 Å². The van der Waals surface area contributed by atoms with Crippen LogP contribution in [0.3, 0.4) is 0 Å². The van der Waals surface area contributed by atoms with Crippen LogP contribution in [0.1, 0.15) is 33.3 Å². The van der Waals surface area contributed by atoms with Gasteiger partial charge in [0.25, 0.3) is 5.91 Å². The third kappa shape index (κ3) is 4.22. The highest BCUT2D eigenvalue weighted by Crippen LogP contribution is 2.30. The van der Waals surface area contributed by atoms with Crippen LogP contribution in [0.4, 0.5) is 4.79 Å². The van der Waals surface area contributed by atoms with E-state index in [4.69, 9.17) is 4.74 Å². The molecule has 1 fully saturated rings. The first-order chi connectivity index (χ1) is 12.1. The number of urea groups is 1. The summed E-state index contributed by atoms with van der Waals surface area (Å²) in [6.07, 6.45) is 0. The van der Waals surface area contributed by atoms with Crippen LogP contribution >= 0.6 is 0 Å². The van der Waals surface area contributed by atoms with Gasteiger partial charge >= 0.3 is 6.03 Å². The lowest BCUT2D eigenvalue weighted by Gasteiger charge is -2.22. The second-order valence-corrected chi connectivity index (χ2v) is 6.94. The van der Waals surface area contributed by atoms with Gasteiger partial charge in [-0.25, -0.2) is 4.79 Å². The molecule has 1 saturated heterocycles. The highest BCUT2D eigenvalue weighted by atomic mass is 16.5. The van der Waals surface area contributed by atoms with Crippen LogP contribution in [0.25, 0.3) is 0 Å². The van der Waals surface area contributed by atoms with Crippen LogP contribution in [-0.4, -0.2) is 41.9 Å². The topological polar surface area (TPSA) is 87.7 Å². The molecule has 0 saturated carbocycles. The van der Waals surface area contributed by atoms with Crippen LogP contribution in [0.15, 0.2) is 36.4 Å². The van der Waals surface area contributed by atoms with Crippen LogP contribution in [0.5, 0.6) is 5.75 Å². The summed E-state index contributed by atoms with van der Waals surface area (Å²) >= 11 is 0. The predicted octanol–water partition coefficient (Wildman–Crippen LogP) is 1.93. The lowest BCUT2D eigenvalue weighted by atomic mass is 9.92. The maximum Gasteiger partial charge on any atom is 0.325 e. The Bertz CT molecular complexity index is 727. The second kappa shape index (κ2) is 7.59. The second-order valence-electron chi connectivity index (χ2n) is 6.94. The fourth-order valence-electron chi connectivity index (χ4n) is 2.64. The Labute approximate surface area is 153 Å². The molecule has 1 atom stereocenters. The number of carbonyl (C=O) groups excluding carboxylic acids is 3. The molecule has 1 aliphatic heterocycles. The van der Waals surface area contributed by atoms with Crippen LogP contribution in [0, 0.1) is 0 Å². The number of rotatable bonds is 7. The molecule has 2 N–H and O–H groups in total. The van der Waals surface area contributed by atoms with E-state index in [2.05, 4.69) is 17.2 Å². The van der Waals surface area contributed by atoms with Crippen LogP contribution < -0.4 is 15.4 Å². The number of nitrogens with zero attached hydrogens (tertiary/aromatic N) is 1. The summed E-state index contributed by atoms with van der Waals surface area (Å²) in [5, 5.41) is 5.35. The summed E-state index contributed by atoms with van der Waals surface area (Å²) in [5.74, 6) is -0.196. The van der Waals surface area contributed by atoms with Crippen molar-refractivity contribution in [3.05, 3.63) is 42.0 Å². The quantitative estimate of drug-likeness (QED) is 0.575. The van der Waals surface area contributed by atoms with E-state index in [0.717, 1.165) is 10.5 Å². The zero-order chi connectivity index (χ0) is 19.5. The van der Waals surface area contributed by atoms with E-state index in [1.54, 1.807) is 31.2 Å². The monoisotopic (exact) mass is 359 g/mol. The fraction of sp³-hybridized carbons (Fsp3) is 0.421. The zero-order valence-electron chi connectivity index (χ0n) is 15.6. The molecule has 140 valence electrons. The molecule has 0 spiro atoms. The molecule has 2 rings (SSSR count). The molecule has 1 aromatic rings. The van der Waals surface area contributed by atoms with Crippen LogP contribution in [-0.2, 0) is 15.1 Å². The van der Waals surface area contributed by atoms with E-state index < -0.39 is 17.5 Å². The van der Waals surface area contributed by atoms with Crippen molar-refractivity contribution in [3.63, 3.8) is 0 Å². The summed E-state index contributed by atoms with van der Waals surface area (Å²) < 4.78 is 5.54. The van der Waals surface area contributed by atoms with Gasteiger partial charge in [-0.15, -0.1) is 0 Å². The Hall–Kier alpha value is -2.83. The van der Waals surface area contributed by atoms with Crippen molar-refractivity contribution in [2.45, 2.75) is 39.3 Å². The van der Waals surface area contributed by atoms with Gasteiger partial charge in [0.1, 0.15) is 24.4 Å². The molecule has 0 radical (unpaired) electrons. The first-order valence-electron chi connectivity index (χ1n) is 8.44. The van der Waals surface area contributed by atoms with Gasteiger partial charge < -0.3 is 15.4 Å². The molecule has 7 heteroatoms. The summed E-state index contributed by atoms with van der Waals surface area (Å²) in [6, 6.07) is 6.27. The van der Waals surface area contributed by atoms with Crippen molar-refractivity contribution in [2.75, 3.05) is 13.2 Å². The van der Waals surface area contributed by atoms with Crippen molar-refractivity contribution in [1.29, 1.82) is 0 Å². The number of benzene rings is 1. The molecule has 26 heavy (non-hydrogen) atoms. The van der Waals surface area contributed by atoms with Gasteiger partial charge in [-0.2, -0.15) is 0 Å². The molecule has 0 bridgehead atoms. The van der Waals surface area contributed by atoms with E-state index in [9.17, 15) is 14.4 Å². The van der Waals surface area contributed by atoms with Gasteiger partial charge in [-0.1, -0.05) is 18.7 Å². The van der Waals surface area contributed by atoms with E-state index in [-0.39, 0.29) is 18.5 Å². The highest BCUT2D eigenvalue weighted by Gasteiger charge is 2.49. The Morgan fingerprint density at radius 3 is 2.46 bits per heavy atom. The van der Waals surface area contributed by atoms with Crippen molar-refractivity contribution in [3.8, 4) is 5.75 Å². The molecule has 4 amide bonds. The molecule has 1 heterocycles. The third-order valence-corrected chi connectivity index (χ3v) is 3.94. The van der Waals surface area contributed by atoms with Crippen molar-refractivity contribution in [2.24, 2.45) is 0 Å². The Kier molecular flexibility index (Phi) is 5.69. The Balaban J connectivity index is 2.13. The number of carbonyl (C=O) groups is 3. The Morgan fingerprint density at radius 2 is 1.92 bits per heavy atom. The minimum absolute atomic E-state index is 0.0682. The van der Waals surface area contributed by atoms with Gasteiger partial charge in [0.2, 0.25) is 5.91 Å². The lowest BCUT2D eigenvalue weighted by molar-refractivity contribution is -0.135. The normalized spacial score (nSPS) is 19.5. The maximum atomic E-state index is 12.8. The number of ether oxygens (including phenoxy) is 1. The SMILES string of the molecule is C=C(C)COc1ccc(C2(C)NC(=O)N(CC(=O)NC(C)C)C2=O)cc1. The molecule has 0 aliphatic carbocycles. The smallest absolute Gasteiger partial charge is 0.325 e. The average molecular weight is 359 g/mol. The number of hydrogen-bond donors (Lipinski definition) is 2. The third-order valence-electron chi connectivity index (χ3n) is 3.94. The Morgan fingerprint density at radius 1 is 1.31 bits per heavy atom. The van der Waals surface area contributed by atoms with Crippen molar-refractivity contribution in [1.82, 2.24) is 15.5 Å². The summed E-state index contributed by atoms with van der Waals surface area (Å²) in [6.45, 7) is 11.0. The van der Waals surface area contributed by atoms with Crippen molar-refractivity contribution >= 4 is 17.8 Å². The lowest BCUT2D eigenvalue weighted by Crippen LogP contribution is -2.44. The van der Waals surface area contributed by atoms with E-state index in [0.29, 0.717) is 17.9 Å². The van der Waals surface area contributed by atoms with E-state index in [1.807, 2.05) is 20.8 Å². The van der Waals surface area contributed by atoms with Gasteiger partial charge in [0, 0.05) is 6.04 Å². The van der Waals surface area contributed by atoms with E-state index >= 15 is 0 Å². The molecular weight excluding hydrogens is 334 g/mol. The van der Waals surface area contributed by atoms with Gasteiger partial charge in [-0.3, -0.25) is 14.5 Å². The summed E-state index contributed by atoms with van der Waals surface area (Å²) in [5.41, 5.74) is 0.294. The molecule has 7 nitrogen and oxygen atoms in total. The molecule has 0 aromatic heterocycles. The number of hydrogen-bond acceptors (Lipinski definition) is 4. The zero-order valence-corrected chi connectivity index (χ0v) is 15.6. The van der Waals surface area contributed by atoms with Crippen molar-refractivity contribution < 1.29 is 19.1 Å². The first-order valence-corrected chi connectivity index (χ1v) is 8.44. The largest absolute Gasteiger partial charge is 0.489 e. The number of nitrogens with one attached hydrogen (secondary N) is 2. The molecule has 1 aromatic carbocycles. The number of amides is 4. The highest BCUT2D eigenvalue weighted by molar-refractivity contribution is 6.09. The van der Waals surface area contributed by atoms with Crippen LogP contribution in [0.2, 0.25) is 0 Å². The summed E-state index contributed by atoms with van der Waals surface area (Å²) in [7, 11) is 0. The number of imide groups is 1. The molecular formula is C19H25N3O4. The average Bonchev–Trinajstić information content (AvgIpc) is 2.77. The maximum absolute atomic E-state index is 12.8. The molecule has 1 aliphatic rings. The predicted molar refractivity (Wildman–Crippen MR) is 97.6 cm³/mol. The van der Waals surface area contributed by atoms with Gasteiger partial charge in [-0.05, 0) is 51.0 Å². The van der Waals surface area contributed by atoms with Gasteiger partial charge in [0.15, 0.2) is 0 Å². The molecule has 1 unspecified atom stereocenters. The minimum atomic E-state index is -1.22.